The predicted octanol–water partition coefficient (Wildman–Crippen LogP) is 12.1. The fourth-order valence-corrected chi connectivity index (χ4v) is 4.96. The summed E-state index contributed by atoms with van der Waals surface area (Å²) in [5.41, 5.74) is 0. The van der Waals surface area contributed by atoms with Crippen LogP contribution in [0.5, 0.6) is 0 Å². The van der Waals surface area contributed by atoms with Crippen molar-refractivity contribution in [1.82, 2.24) is 0 Å². The SMILES string of the molecule is CCCCCCCCCCCCCCCCCCO.CCCCCCCCCCCCCCCC[O]. The van der Waals surface area contributed by atoms with Crippen LogP contribution < -0.4 is 0 Å². The first-order valence-corrected chi connectivity index (χ1v) is 17.0. The Morgan fingerprint density at radius 3 is 0.694 bits per heavy atom. The molecule has 0 spiro atoms. The van der Waals surface area contributed by atoms with E-state index in [-0.39, 0.29) is 6.61 Å². The van der Waals surface area contributed by atoms with Crippen molar-refractivity contribution in [2.45, 2.75) is 206 Å². The minimum atomic E-state index is 0.123. The molecule has 0 aliphatic rings. The smallest absolute Gasteiger partial charge is 0.0822 e. The molecule has 0 unspecified atom stereocenters. The quantitative estimate of drug-likeness (QED) is 0.0957. The van der Waals surface area contributed by atoms with Gasteiger partial charge in [0, 0.05) is 6.61 Å². The van der Waals surface area contributed by atoms with Crippen molar-refractivity contribution in [3.8, 4) is 0 Å². The number of aliphatic hydroxyl groups is 1. The zero-order valence-electron chi connectivity index (χ0n) is 25.5. The standard InChI is InChI=1S/C18H38O.C16H33O/c1-2-3-4-5-6-7-8-9-10-11-12-13-14-15-16-17-18-19;1-2-3-4-5-6-7-8-9-10-11-12-13-14-15-16-17/h19H,2-18H2,1H3;2-16H2,1H3. The van der Waals surface area contributed by atoms with Crippen LogP contribution in [0.25, 0.3) is 0 Å². The van der Waals surface area contributed by atoms with Gasteiger partial charge in [0.1, 0.15) is 0 Å². The van der Waals surface area contributed by atoms with Gasteiger partial charge in [-0.2, -0.15) is 0 Å². The third kappa shape index (κ3) is 41.1. The van der Waals surface area contributed by atoms with E-state index in [4.69, 9.17) is 5.11 Å². The molecule has 0 saturated carbocycles. The maximum absolute atomic E-state index is 10.2. The highest BCUT2D eigenvalue weighted by Gasteiger charge is 1.95. The van der Waals surface area contributed by atoms with Gasteiger partial charge in [0.15, 0.2) is 0 Å². The molecule has 0 aliphatic heterocycles. The maximum Gasteiger partial charge on any atom is 0.0822 e. The minimum Gasteiger partial charge on any atom is -0.396 e. The maximum atomic E-state index is 10.2. The normalized spacial score (nSPS) is 11.0. The molecule has 0 fully saturated rings. The van der Waals surface area contributed by atoms with E-state index in [9.17, 15) is 5.11 Å². The fraction of sp³-hybridized carbons (Fsp3) is 1.00. The summed E-state index contributed by atoms with van der Waals surface area (Å²) in [4.78, 5) is 0. The molecule has 1 N–H and O–H groups in total. The molecule has 0 aliphatic carbocycles. The number of unbranched alkanes of at least 4 members (excludes halogenated alkanes) is 28. The van der Waals surface area contributed by atoms with Gasteiger partial charge in [0.25, 0.3) is 0 Å². The zero-order valence-corrected chi connectivity index (χ0v) is 25.5. The van der Waals surface area contributed by atoms with E-state index in [1.807, 2.05) is 0 Å². The van der Waals surface area contributed by atoms with Crippen molar-refractivity contribution in [3.05, 3.63) is 0 Å². The average Bonchev–Trinajstić information content (AvgIpc) is 2.89. The van der Waals surface area contributed by atoms with Gasteiger partial charge in [0.05, 0.1) is 6.61 Å². The molecule has 0 amide bonds. The van der Waals surface area contributed by atoms with Gasteiger partial charge in [-0.25, -0.2) is 5.11 Å². The molecular formula is C34H71O2. The molecule has 1 radical (unpaired) electrons. The van der Waals surface area contributed by atoms with Gasteiger partial charge in [-0.1, -0.05) is 194 Å². The number of aliphatic hydroxyl groups excluding tert-OH is 1. The lowest BCUT2D eigenvalue weighted by atomic mass is 10.0. The lowest BCUT2D eigenvalue weighted by Gasteiger charge is -2.03. The molecule has 2 heteroatoms. The Balaban J connectivity index is 0. The topological polar surface area (TPSA) is 40.1 Å². The summed E-state index contributed by atoms with van der Waals surface area (Å²) in [7, 11) is 0. The van der Waals surface area contributed by atoms with Crippen LogP contribution in [0.2, 0.25) is 0 Å². The van der Waals surface area contributed by atoms with Crippen molar-refractivity contribution >= 4 is 0 Å². The third-order valence-corrected chi connectivity index (χ3v) is 7.51. The fourth-order valence-electron chi connectivity index (χ4n) is 4.96. The van der Waals surface area contributed by atoms with Crippen LogP contribution in [0.1, 0.15) is 206 Å². The summed E-state index contributed by atoms with van der Waals surface area (Å²) in [6, 6.07) is 0. The first-order chi connectivity index (χ1) is 17.8. The molecule has 0 heterocycles. The molecule has 0 atom stereocenters. The number of rotatable bonds is 30. The lowest BCUT2D eigenvalue weighted by Crippen LogP contribution is -1.85. The van der Waals surface area contributed by atoms with E-state index in [1.165, 1.54) is 173 Å². The van der Waals surface area contributed by atoms with Crippen LogP contribution in [0.3, 0.4) is 0 Å². The summed E-state index contributed by atoms with van der Waals surface area (Å²) >= 11 is 0. The predicted molar refractivity (Wildman–Crippen MR) is 162 cm³/mol. The highest BCUT2D eigenvalue weighted by Crippen LogP contribution is 2.14. The van der Waals surface area contributed by atoms with Crippen LogP contribution >= 0.6 is 0 Å². The first kappa shape index (κ1) is 38.1. The van der Waals surface area contributed by atoms with Crippen molar-refractivity contribution in [3.63, 3.8) is 0 Å². The molecule has 0 aromatic carbocycles. The Morgan fingerprint density at radius 2 is 0.500 bits per heavy atom. The van der Waals surface area contributed by atoms with Gasteiger partial charge in [-0.3, -0.25) is 0 Å². The summed E-state index contributed by atoms with van der Waals surface area (Å²) in [5, 5.41) is 18.9. The first-order valence-electron chi connectivity index (χ1n) is 17.0. The van der Waals surface area contributed by atoms with Gasteiger partial charge in [0.2, 0.25) is 0 Å². The van der Waals surface area contributed by atoms with Crippen molar-refractivity contribution in [2.75, 3.05) is 13.2 Å². The third-order valence-electron chi connectivity index (χ3n) is 7.51. The van der Waals surface area contributed by atoms with Crippen molar-refractivity contribution in [2.24, 2.45) is 0 Å². The lowest BCUT2D eigenvalue weighted by molar-refractivity contribution is 0.186. The molecule has 0 aromatic heterocycles. The van der Waals surface area contributed by atoms with Crippen molar-refractivity contribution < 1.29 is 10.2 Å². The second kappa shape index (κ2) is 39.4. The van der Waals surface area contributed by atoms with Gasteiger partial charge >= 0.3 is 0 Å². The molecule has 0 rings (SSSR count). The Labute approximate surface area is 229 Å². The highest BCUT2D eigenvalue weighted by atomic mass is 16.3. The molecule has 0 aromatic rings. The Hall–Kier alpha value is -0.0800. The van der Waals surface area contributed by atoms with Crippen LogP contribution in [0, 0.1) is 0 Å². The molecule has 2 nitrogen and oxygen atoms in total. The van der Waals surface area contributed by atoms with Crippen molar-refractivity contribution in [1.29, 1.82) is 0 Å². The van der Waals surface area contributed by atoms with E-state index in [2.05, 4.69) is 13.8 Å². The summed E-state index contributed by atoms with van der Waals surface area (Å²) in [6.45, 7) is 5.06. The molecule has 219 valence electrons. The Bertz CT molecular complexity index is 301. The second-order valence-corrected chi connectivity index (χ2v) is 11.3. The van der Waals surface area contributed by atoms with Gasteiger partial charge in [-0.05, 0) is 12.8 Å². The summed E-state index contributed by atoms with van der Waals surface area (Å²) in [6.07, 6.45) is 41.0. The van der Waals surface area contributed by atoms with E-state index in [0.29, 0.717) is 6.61 Å². The van der Waals surface area contributed by atoms with E-state index in [0.717, 1.165) is 19.3 Å². The van der Waals surface area contributed by atoms with Crippen LogP contribution in [0.15, 0.2) is 0 Å². The van der Waals surface area contributed by atoms with E-state index >= 15 is 0 Å². The average molecular weight is 512 g/mol. The molecule has 36 heavy (non-hydrogen) atoms. The van der Waals surface area contributed by atoms with Crippen LogP contribution in [-0.4, -0.2) is 18.3 Å². The second-order valence-electron chi connectivity index (χ2n) is 11.3. The Morgan fingerprint density at radius 1 is 0.306 bits per heavy atom. The van der Waals surface area contributed by atoms with Gasteiger partial charge in [-0.15, -0.1) is 0 Å². The highest BCUT2D eigenvalue weighted by molar-refractivity contribution is 4.50. The van der Waals surface area contributed by atoms with E-state index < -0.39 is 0 Å². The summed E-state index contributed by atoms with van der Waals surface area (Å²) < 4.78 is 0. The molecule has 0 saturated heterocycles. The van der Waals surface area contributed by atoms with Crippen LogP contribution in [-0.2, 0) is 5.11 Å². The molecule has 0 bridgehead atoms. The number of hydrogen-bond donors (Lipinski definition) is 1. The van der Waals surface area contributed by atoms with Crippen LogP contribution in [0.4, 0.5) is 0 Å². The van der Waals surface area contributed by atoms with Gasteiger partial charge < -0.3 is 5.11 Å². The van der Waals surface area contributed by atoms with E-state index in [1.54, 1.807) is 0 Å². The Kier molecular flexibility index (Phi) is 41.7. The summed E-state index contributed by atoms with van der Waals surface area (Å²) in [5.74, 6) is 0. The number of hydrogen-bond acceptors (Lipinski definition) is 1. The minimum absolute atomic E-state index is 0.123. The monoisotopic (exact) mass is 512 g/mol. The molecular weight excluding hydrogens is 440 g/mol. The zero-order chi connectivity index (χ0) is 26.6. The largest absolute Gasteiger partial charge is 0.396 e.